The van der Waals surface area contributed by atoms with Gasteiger partial charge in [-0.2, -0.15) is 13.2 Å². The lowest BCUT2D eigenvalue weighted by molar-refractivity contribution is -0.137. The summed E-state index contributed by atoms with van der Waals surface area (Å²) < 4.78 is 38.4. The number of alkyl halides is 3. The monoisotopic (exact) mass is 356 g/mol. The van der Waals surface area contributed by atoms with Crippen LogP contribution in [0.5, 0.6) is 0 Å². The summed E-state index contributed by atoms with van der Waals surface area (Å²) in [4.78, 5) is 19.1. The fourth-order valence-electron chi connectivity index (χ4n) is 2.61. The second-order valence-electron chi connectivity index (χ2n) is 5.71. The molecule has 2 heterocycles. The Labute approximate surface area is 140 Å². The number of hydrogen-bond donors (Lipinski definition) is 1. The quantitative estimate of drug-likeness (QED) is 0.858. The first-order valence-corrected chi connectivity index (χ1v) is 8.20. The molecular weight excluding hydrogens is 341 g/mol. The Bertz CT molecular complexity index is 773. The van der Waals surface area contributed by atoms with Crippen LogP contribution in [0.25, 0.3) is 0 Å². The molecule has 1 atom stereocenters. The van der Waals surface area contributed by atoms with Crippen LogP contribution in [0.15, 0.2) is 24.3 Å². The van der Waals surface area contributed by atoms with Gasteiger partial charge in [0.15, 0.2) is 5.13 Å². The third-order valence-electron chi connectivity index (χ3n) is 3.88. The van der Waals surface area contributed by atoms with Crippen molar-refractivity contribution in [2.45, 2.75) is 25.6 Å². The summed E-state index contributed by atoms with van der Waals surface area (Å²) in [5, 5.41) is 10.2. The van der Waals surface area contributed by atoms with Crippen molar-refractivity contribution in [1.29, 1.82) is 0 Å². The van der Waals surface area contributed by atoms with Gasteiger partial charge in [-0.1, -0.05) is 23.5 Å². The first-order chi connectivity index (χ1) is 11.3. The summed E-state index contributed by atoms with van der Waals surface area (Å²) in [6, 6.07) is 4.40. The van der Waals surface area contributed by atoms with Gasteiger partial charge in [0.05, 0.1) is 22.2 Å². The molecule has 0 saturated carbocycles. The molecule has 128 valence electrons. The van der Waals surface area contributed by atoms with Crippen LogP contribution < -0.4 is 4.90 Å². The molecule has 1 aromatic carbocycles. The second-order valence-corrected chi connectivity index (χ2v) is 6.68. The highest BCUT2D eigenvalue weighted by Gasteiger charge is 2.31. The number of rotatable bonds is 3. The Morgan fingerprint density at radius 3 is 2.79 bits per heavy atom. The number of benzene rings is 1. The van der Waals surface area contributed by atoms with E-state index in [4.69, 9.17) is 0 Å². The van der Waals surface area contributed by atoms with Crippen LogP contribution >= 0.6 is 11.3 Å². The molecule has 0 spiro atoms. The number of carbonyl (C=O) groups excluding carboxylic acids is 1. The predicted octanol–water partition coefficient (Wildman–Crippen LogP) is 3.27. The van der Waals surface area contributed by atoms with Crippen LogP contribution in [-0.4, -0.2) is 35.1 Å². The second kappa shape index (κ2) is 6.18. The maximum atomic E-state index is 12.8. The molecule has 24 heavy (non-hydrogen) atoms. The Balaban J connectivity index is 1.89. The van der Waals surface area contributed by atoms with Crippen molar-refractivity contribution in [1.82, 2.24) is 4.98 Å². The van der Waals surface area contributed by atoms with Gasteiger partial charge in [-0.05, 0) is 25.5 Å². The van der Waals surface area contributed by atoms with Gasteiger partial charge >= 0.3 is 6.18 Å². The van der Waals surface area contributed by atoms with E-state index >= 15 is 0 Å². The van der Waals surface area contributed by atoms with Crippen molar-refractivity contribution in [2.75, 3.05) is 18.0 Å². The van der Waals surface area contributed by atoms with Crippen molar-refractivity contribution in [3.63, 3.8) is 0 Å². The number of ketones is 1. The number of carbonyl (C=O) groups is 1. The minimum absolute atomic E-state index is 0.00965. The van der Waals surface area contributed by atoms with Crippen LogP contribution in [0, 0.1) is 6.92 Å². The number of aliphatic hydroxyl groups is 1. The smallest absolute Gasteiger partial charge is 0.391 e. The molecule has 1 aliphatic rings. The van der Waals surface area contributed by atoms with E-state index in [0.717, 1.165) is 23.5 Å². The van der Waals surface area contributed by atoms with Crippen LogP contribution in [0.4, 0.5) is 18.3 Å². The molecule has 0 unspecified atom stereocenters. The summed E-state index contributed by atoms with van der Waals surface area (Å²) in [5.41, 5.74) is -0.373. The van der Waals surface area contributed by atoms with E-state index in [1.165, 1.54) is 12.1 Å². The maximum Gasteiger partial charge on any atom is 0.416 e. The predicted molar refractivity (Wildman–Crippen MR) is 84.6 cm³/mol. The number of halogens is 3. The molecule has 1 fully saturated rings. The molecule has 1 aromatic heterocycles. The topological polar surface area (TPSA) is 53.4 Å². The SMILES string of the molecule is Cc1nc(N2CC[C@H](O)C2)sc1C(=O)c1cccc(C(F)(F)F)c1. The van der Waals surface area contributed by atoms with Gasteiger partial charge in [-0.15, -0.1) is 0 Å². The fraction of sp³-hybridized carbons (Fsp3) is 0.375. The van der Waals surface area contributed by atoms with Crippen LogP contribution in [0.1, 0.15) is 32.9 Å². The summed E-state index contributed by atoms with van der Waals surface area (Å²) >= 11 is 1.15. The van der Waals surface area contributed by atoms with E-state index < -0.39 is 23.6 Å². The van der Waals surface area contributed by atoms with E-state index in [-0.39, 0.29) is 5.56 Å². The van der Waals surface area contributed by atoms with Crippen LogP contribution in [-0.2, 0) is 6.18 Å². The van der Waals surface area contributed by atoms with Crippen LogP contribution in [0.3, 0.4) is 0 Å². The highest BCUT2D eigenvalue weighted by atomic mass is 32.1. The molecule has 8 heteroatoms. The lowest BCUT2D eigenvalue weighted by atomic mass is 10.1. The molecule has 2 aromatic rings. The van der Waals surface area contributed by atoms with Gasteiger partial charge in [-0.25, -0.2) is 4.98 Å². The molecule has 0 amide bonds. The standard InChI is InChI=1S/C16H15F3N2O2S/c1-9-14(24-15(20-9)21-6-5-12(22)8-21)13(23)10-3-2-4-11(7-10)16(17,18)19/h2-4,7,12,22H,5-6,8H2,1H3/t12-/m0/s1. The number of aliphatic hydroxyl groups excluding tert-OH is 1. The number of β-amino-alcohol motifs (C(OH)–C–C–N with tert-alkyl or cyclic N) is 1. The molecule has 4 nitrogen and oxygen atoms in total. The molecule has 1 N–H and O–H groups in total. The van der Waals surface area contributed by atoms with Gasteiger partial charge < -0.3 is 10.0 Å². The highest BCUT2D eigenvalue weighted by Crippen LogP contribution is 2.33. The first kappa shape index (κ1) is 16.9. The summed E-state index contributed by atoms with van der Waals surface area (Å²) in [7, 11) is 0. The highest BCUT2D eigenvalue weighted by molar-refractivity contribution is 7.17. The number of nitrogens with zero attached hydrogens (tertiary/aromatic N) is 2. The van der Waals surface area contributed by atoms with Crippen LogP contribution in [0.2, 0.25) is 0 Å². The third kappa shape index (κ3) is 3.29. The zero-order chi connectivity index (χ0) is 17.5. The van der Waals surface area contributed by atoms with Gasteiger partial charge in [-0.3, -0.25) is 4.79 Å². The van der Waals surface area contributed by atoms with Crippen molar-refractivity contribution < 1.29 is 23.1 Å². The van der Waals surface area contributed by atoms with Gasteiger partial charge in [0, 0.05) is 18.7 Å². The number of thiazole rings is 1. The Hall–Kier alpha value is -1.93. The molecule has 0 radical (unpaired) electrons. The van der Waals surface area contributed by atoms with Gasteiger partial charge in [0.1, 0.15) is 0 Å². The Kier molecular flexibility index (Phi) is 4.35. The molecule has 3 rings (SSSR count). The maximum absolute atomic E-state index is 12.8. The lowest BCUT2D eigenvalue weighted by Crippen LogP contribution is -2.20. The normalized spacial score (nSPS) is 18.2. The summed E-state index contributed by atoms with van der Waals surface area (Å²) in [5.74, 6) is -0.470. The molecule has 0 bridgehead atoms. The molecule has 0 aliphatic carbocycles. The Morgan fingerprint density at radius 2 is 2.17 bits per heavy atom. The minimum atomic E-state index is -4.49. The van der Waals surface area contributed by atoms with E-state index in [1.807, 2.05) is 4.90 Å². The number of hydrogen-bond acceptors (Lipinski definition) is 5. The van der Waals surface area contributed by atoms with Crippen molar-refractivity contribution in [3.8, 4) is 0 Å². The van der Waals surface area contributed by atoms with E-state index in [2.05, 4.69) is 4.98 Å². The van der Waals surface area contributed by atoms with Crippen molar-refractivity contribution >= 4 is 22.3 Å². The van der Waals surface area contributed by atoms with Crippen molar-refractivity contribution in [3.05, 3.63) is 46.0 Å². The first-order valence-electron chi connectivity index (χ1n) is 7.38. The average Bonchev–Trinajstić information content (AvgIpc) is 3.12. The largest absolute Gasteiger partial charge is 0.416 e. The van der Waals surface area contributed by atoms with E-state index in [0.29, 0.717) is 35.2 Å². The zero-order valence-corrected chi connectivity index (χ0v) is 13.6. The van der Waals surface area contributed by atoms with Gasteiger partial charge in [0.2, 0.25) is 5.78 Å². The minimum Gasteiger partial charge on any atom is -0.391 e. The van der Waals surface area contributed by atoms with E-state index in [9.17, 15) is 23.1 Å². The van der Waals surface area contributed by atoms with Gasteiger partial charge in [0.25, 0.3) is 0 Å². The van der Waals surface area contributed by atoms with E-state index in [1.54, 1.807) is 6.92 Å². The number of anilines is 1. The van der Waals surface area contributed by atoms with Crippen molar-refractivity contribution in [2.24, 2.45) is 0 Å². The molecule has 1 saturated heterocycles. The number of aryl methyl sites for hydroxylation is 1. The zero-order valence-electron chi connectivity index (χ0n) is 12.8. The third-order valence-corrected chi connectivity index (χ3v) is 5.09. The Morgan fingerprint density at radius 1 is 1.42 bits per heavy atom. The number of aromatic nitrogens is 1. The fourth-order valence-corrected chi connectivity index (χ4v) is 3.68. The molecular formula is C16H15F3N2O2S. The average molecular weight is 356 g/mol. The summed E-state index contributed by atoms with van der Waals surface area (Å²) in [6.07, 6.45) is -4.28. The molecule has 1 aliphatic heterocycles. The lowest BCUT2D eigenvalue weighted by Gasteiger charge is -2.12. The summed E-state index contributed by atoms with van der Waals surface area (Å²) in [6.45, 7) is 2.75.